The van der Waals surface area contributed by atoms with Crippen LogP contribution in [0.2, 0.25) is 5.02 Å². The van der Waals surface area contributed by atoms with Crippen molar-refractivity contribution in [3.8, 4) is 0 Å². The normalized spacial score (nSPS) is 19.2. The number of nitrogens with two attached hydrogens (primary N) is 1. The molecule has 0 bridgehead atoms. The number of para-hydroxylation sites is 1. The lowest BCUT2D eigenvalue weighted by Crippen LogP contribution is -2.11. The minimum absolute atomic E-state index is 0.227. The Bertz CT molecular complexity index is 711. The molecule has 92 valence electrons. The van der Waals surface area contributed by atoms with E-state index in [1.165, 1.54) is 11.8 Å². The van der Waals surface area contributed by atoms with Gasteiger partial charge >= 0.3 is 5.63 Å². The molecule has 2 aromatic rings. The van der Waals surface area contributed by atoms with Crippen LogP contribution in [0.4, 0.5) is 0 Å². The van der Waals surface area contributed by atoms with Gasteiger partial charge in [0.25, 0.3) is 0 Å². The van der Waals surface area contributed by atoms with Gasteiger partial charge in [0.1, 0.15) is 0 Å². The second-order valence-corrected chi connectivity index (χ2v) is 5.39. The van der Waals surface area contributed by atoms with Gasteiger partial charge in [0.2, 0.25) is 0 Å². The molecule has 0 saturated carbocycles. The molecule has 1 aliphatic heterocycles. The number of thioether (sulfide) groups is 1. The van der Waals surface area contributed by atoms with Gasteiger partial charge in [0, 0.05) is 11.1 Å². The highest BCUT2D eigenvalue weighted by atomic mass is 35.5. The number of aliphatic imine (C=N–C) groups is 1. The van der Waals surface area contributed by atoms with Crippen LogP contribution in [0.15, 0.2) is 38.5 Å². The molecule has 0 saturated heterocycles. The number of rotatable bonds is 1. The first kappa shape index (κ1) is 11.6. The molecule has 2 N–H and O–H groups in total. The summed E-state index contributed by atoms with van der Waals surface area (Å²) in [6.45, 7) is 0. The maximum Gasteiger partial charge on any atom is 0.341 e. The van der Waals surface area contributed by atoms with E-state index in [-0.39, 0.29) is 6.04 Å². The minimum atomic E-state index is -0.403. The lowest BCUT2D eigenvalue weighted by atomic mass is 10.1. The fourth-order valence-electron chi connectivity index (χ4n) is 1.91. The Balaban J connectivity index is 2.20. The fourth-order valence-corrected chi connectivity index (χ4v) is 2.91. The highest BCUT2D eigenvalue weighted by Gasteiger charge is 2.22. The number of benzene rings is 1. The summed E-state index contributed by atoms with van der Waals surface area (Å²) in [5.41, 5.74) is 6.14. The van der Waals surface area contributed by atoms with Crippen LogP contribution >= 0.6 is 23.4 Å². The predicted molar refractivity (Wildman–Crippen MR) is 74.3 cm³/mol. The second-order valence-electron chi connectivity index (χ2n) is 3.94. The molecule has 18 heavy (non-hydrogen) atoms. The number of fused-ring (bicyclic) bond motifs is 1. The van der Waals surface area contributed by atoms with E-state index < -0.39 is 5.63 Å². The number of nitrogens with zero attached hydrogens (tertiary/aromatic N) is 1. The van der Waals surface area contributed by atoms with E-state index in [2.05, 4.69) is 4.99 Å². The summed E-state index contributed by atoms with van der Waals surface area (Å²) in [6.07, 6.45) is 0. The van der Waals surface area contributed by atoms with Gasteiger partial charge in [0.15, 0.2) is 10.8 Å². The van der Waals surface area contributed by atoms with Crippen LogP contribution in [0.5, 0.6) is 0 Å². The molecule has 6 heteroatoms. The molecule has 1 aromatic carbocycles. The van der Waals surface area contributed by atoms with Crippen molar-refractivity contribution in [2.45, 2.75) is 6.04 Å². The molecule has 1 aliphatic rings. The minimum Gasteiger partial charge on any atom is -0.421 e. The van der Waals surface area contributed by atoms with Crippen molar-refractivity contribution >= 4 is 39.5 Å². The number of hydrogen-bond donors (Lipinski definition) is 1. The summed E-state index contributed by atoms with van der Waals surface area (Å²) in [5, 5.41) is 1.73. The van der Waals surface area contributed by atoms with Crippen molar-refractivity contribution < 1.29 is 4.42 Å². The first-order valence-corrected chi connectivity index (χ1v) is 6.70. The van der Waals surface area contributed by atoms with Gasteiger partial charge in [-0.1, -0.05) is 35.5 Å². The highest BCUT2D eigenvalue weighted by molar-refractivity contribution is 8.14. The molecule has 0 aliphatic carbocycles. The third-order valence-corrected chi connectivity index (χ3v) is 3.95. The van der Waals surface area contributed by atoms with E-state index in [1.54, 1.807) is 12.1 Å². The van der Waals surface area contributed by atoms with Gasteiger partial charge < -0.3 is 10.2 Å². The van der Waals surface area contributed by atoms with Crippen LogP contribution in [0, 0.1) is 0 Å². The Morgan fingerprint density at radius 2 is 2.33 bits per heavy atom. The first-order valence-electron chi connectivity index (χ1n) is 5.33. The molecule has 2 heterocycles. The lowest BCUT2D eigenvalue weighted by Gasteiger charge is -2.06. The Morgan fingerprint density at radius 1 is 1.50 bits per heavy atom. The molecular weight excluding hydrogens is 272 g/mol. The first-order chi connectivity index (χ1) is 8.65. The van der Waals surface area contributed by atoms with E-state index in [9.17, 15) is 4.79 Å². The Hall–Kier alpha value is -1.46. The van der Waals surface area contributed by atoms with Crippen LogP contribution in [0.3, 0.4) is 0 Å². The average molecular weight is 281 g/mol. The Kier molecular flexibility index (Phi) is 2.80. The molecule has 1 unspecified atom stereocenters. The van der Waals surface area contributed by atoms with Gasteiger partial charge in [-0.2, -0.15) is 0 Å². The molecule has 3 rings (SSSR count). The zero-order valence-electron chi connectivity index (χ0n) is 9.22. The largest absolute Gasteiger partial charge is 0.421 e. The van der Waals surface area contributed by atoms with Gasteiger partial charge in [-0.3, -0.25) is 4.99 Å². The summed E-state index contributed by atoms with van der Waals surface area (Å²) in [4.78, 5) is 16.1. The van der Waals surface area contributed by atoms with Crippen molar-refractivity contribution in [3.63, 3.8) is 0 Å². The van der Waals surface area contributed by atoms with E-state index in [0.29, 0.717) is 27.1 Å². The number of hydrogen-bond acceptors (Lipinski definition) is 5. The van der Waals surface area contributed by atoms with Crippen LogP contribution in [-0.4, -0.2) is 10.9 Å². The van der Waals surface area contributed by atoms with E-state index in [4.69, 9.17) is 21.8 Å². The van der Waals surface area contributed by atoms with Crippen molar-refractivity contribution in [2.24, 2.45) is 10.7 Å². The van der Waals surface area contributed by atoms with Crippen molar-refractivity contribution in [1.29, 1.82) is 0 Å². The zero-order chi connectivity index (χ0) is 12.7. The standard InChI is InChI=1S/C12H9ClN2O2S/c13-8-3-1-2-6-4-7(11(16)17-10(6)8)9-5-18-12(14)15-9/h1-4,9H,5H2,(H2,14,15). The maximum atomic E-state index is 11.9. The summed E-state index contributed by atoms with van der Waals surface area (Å²) in [6, 6.07) is 6.90. The average Bonchev–Trinajstić information content (AvgIpc) is 2.76. The maximum absolute atomic E-state index is 11.9. The van der Waals surface area contributed by atoms with Crippen molar-refractivity contribution in [2.75, 3.05) is 5.75 Å². The molecule has 0 fully saturated rings. The lowest BCUT2D eigenvalue weighted by molar-refractivity contribution is 0.543. The monoisotopic (exact) mass is 280 g/mol. The van der Waals surface area contributed by atoms with Gasteiger partial charge in [-0.15, -0.1) is 0 Å². The van der Waals surface area contributed by atoms with Crippen LogP contribution in [0.1, 0.15) is 11.6 Å². The van der Waals surface area contributed by atoms with Crippen LogP contribution in [-0.2, 0) is 0 Å². The van der Waals surface area contributed by atoms with Gasteiger partial charge in [-0.05, 0) is 12.1 Å². The van der Waals surface area contributed by atoms with Gasteiger partial charge in [-0.25, -0.2) is 4.79 Å². The molecule has 0 amide bonds. The van der Waals surface area contributed by atoms with Crippen LogP contribution < -0.4 is 11.4 Å². The SMILES string of the molecule is NC1=NC(c2cc3cccc(Cl)c3oc2=O)CS1. The summed E-state index contributed by atoms with van der Waals surface area (Å²) in [7, 11) is 0. The molecule has 1 atom stereocenters. The highest BCUT2D eigenvalue weighted by Crippen LogP contribution is 2.30. The molecular formula is C12H9ClN2O2S. The Morgan fingerprint density at radius 3 is 3.06 bits per heavy atom. The number of amidine groups is 1. The summed E-state index contributed by atoms with van der Waals surface area (Å²) in [5.74, 6) is 0.669. The van der Waals surface area contributed by atoms with E-state index in [1.807, 2.05) is 12.1 Å². The predicted octanol–water partition coefficient (Wildman–Crippen LogP) is 2.55. The molecule has 0 spiro atoms. The summed E-state index contributed by atoms with van der Waals surface area (Å²) < 4.78 is 5.26. The van der Waals surface area contributed by atoms with E-state index in [0.717, 1.165) is 5.39 Å². The third-order valence-electron chi connectivity index (χ3n) is 2.77. The fraction of sp³-hybridized carbons (Fsp3) is 0.167. The van der Waals surface area contributed by atoms with Crippen LogP contribution in [0.25, 0.3) is 11.0 Å². The summed E-state index contributed by atoms with van der Waals surface area (Å²) >= 11 is 7.42. The third kappa shape index (κ3) is 1.89. The second kappa shape index (κ2) is 4.33. The zero-order valence-corrected chi connectivity index (χ0v) is 10.8. The smallest absolute Gasteiger partial charge is 0.341 e. The molecule has 1 aromatic heterocycles. The van der Waals surface area contributed by atoms with E-state index >= 15 is 0 Å². The topological polar surface area (TPSA) is 68.6 Å². The number of halogens is 1. The Labute approximate surface area is 112 Å². The van der Waals surface area contributed by atoms with Crippen molar-refractivity contribution in [1.82, 2.24) is 0 Å². The van der Waals surface area contributed by atoms with Crippen molar-refractivity contribution in [3.05, 3.63) is 45.3 Å². The molecule has 4 nitrogen and oxygen atoms in total. The quantitative estimate of drug-likeness (QED) is 0.815. The van der Waals surface area contributed by atoms with Gasteiger partial charge in [0.05, 0.1) is 16.6 Å². The molecule has 0 radical (unpaired) electrons.